The van der Waals surface area contributed by atoms with E-state index in [0.29, 0.717) is 11.6 Å². The zero-order chi connectivity index (χ0) is 17.8. The number of halogens is 1. The molecule has 1 heterocycles. The van der Waals surface area contributed by atoms with Crippen LogP contribution in [0.1, 0.15) is 16.8 Å². The van der Waals surface area contributed by atoms with Gasteiger partial charge in [-0.2, -0.15) is 0 Å². The first kappa shape index (κ1) is 17.4. The van der Waals surface area contributed by atoms with Gasteiger partial charge in [-0.15, -0.1) is 11.8 Å². The predicted molar refractivity (Wildman–Crippen MR) is 99.5 cm³/mol. The molecule has 0 aliphatic carbocycles. The van der Waals surface area contributed by atoms with Gasteiger partial charge in [0.1, 0.15) is 5.03 Å². The van der Waals surface area contributed by atoms with Gasteiger partial charge in [-0.25, -0.2) is 14.4 Å². The fraction of sp³-hybridized carbons (Fsp3) is 0.200. The van der Waals surface area contributed by atoms with E-state index in [-0.39, 0.29) is 11.6 Å². The molecule has 0 saturated heterocycles. The Hall–Kier alpha value is -2.40. The minimum atomic E-state index is -0.347. The number of hydrogen-bond donors (Lipinski definition) is 0. The Morgan fingerprint density at radius 2 is 1.76 bits per heavy atom. The van der Waals surface area contributed by atoms with Crippen LogP contribution < -0.4 is 4.74 Å². The molecular formula is C20H19FN2OS. The monoisotopic (exact) mass is 354 g/mol. The smallest absolute Gasteiger partial charge is 0.165 e. The summed E-state index contributed by atoms with van der Waals surface area (Å²) in [6.07, 6.45) is 0. The van der Waals surface area contributed by atoms with Crippen LogP contribution in [-0.4, -0.2) is 17.1 Å². The van der Waals surface area contributed by atoms with Gasteiger partial charge in [0.2, 0.25) is 0 Å². The molecule has 0 atom stereocenters. The summed E-state index contributed by atoms with van der Waals surface area (Å²) >= 11 is 1.56. The van der Waals surface area contributed by atoms with Crippen molar-refractivity contribution in [3.63, 3.8) is 0 Å². The number of benzene rings is 2. The van der Waals surface area contributed by atoms with Gasteiger partial charge >= 0.3 is 0 Å². The lowest BCUT2D eigenvalue weighted by Gasteiger charge is -2.08. The molecule has 0 fully saturated rings. The molecule has 0 unspecified atom stereocenters. The molecule has 0 amide bonds. The maximum absolute atomic E-state index is 13.8. The van der Waals surface area contributed by atoms with Crippen LogP contribution in [0.25, 0.3) is 11.4 Å². The summed E-state index contributed by atoms with van der Waals surface area (Å²) in [7, 11) is 1.46. The average Bonchev–Trinajstić information content (AvgIpc) is 2.60. The third-order valence-electron chi connectivity index (χ3n) is 3.74. The molecule has 128 valence electrons. The van der Waals surface area contributed by atoms with Crippen LogP contribution in [0.2, 0.25) is 0 Å². The fourth-order valence-electron chi connectivity index (χ4n) is 2.40. The van der Waals surface area contributed by atoms with Crippen molar-refractivity contribution in [2.75, 3.05) is 7.11 Å². The number of methoxy groups -OCH3 is 1. The van der Waals surface area contributed by atoms with E-state index in [4.69, 9.17) is 4.74 Å². The molecule has 3 aromatic rings. The van der Waals surface area contributed by atoms with Crippen molar-refractivity contribution >= 4 is 11.8 Å². The summed E-state index contributed by atoms with van der Waals surface area (Å²) in [5.41, 5.74) is 3.99. The number of hydrogen-bond acceptors (Lipinski definition) is 4. The number of ether oxygens (including phenoxy) is 1. The van der Waals surface area contributed by atoms with Gasteiger partial charge in [0.25, 0.3) is 0 Å². The van der Waals surface area contributed by atoms with E-state index in [0.717, 1.165) is 21.8 Å². The highest BCUT2D eigenvalue weighted by atomic mass is 32.2. The maximum atomic E-state index is 13.8. The van der Waals surface area contributed by atoms with Crippen molar-refractivity contribution in [2.24, 2.45) is 0 Å². The van der Waals surface area contributed by atoms with E-state index in [1.54, 1.807) is 17.8 Å². The number of rotatable bonds is 5. The Labute approximate surface area is 151 Å². The van der Waals surface area contributed by atoms with Crippen molar-refractivity contribution < 1.29 is 9.13 Å². The van der Waals surface area contributed by atoms with E-state index in [2.05, 4.69) is 16.9 Å². The molecule has 0 N–H and O–H groups in total. The number of aryl methyl sites for hydroxylation is 2. The minimum Gasteiger partial charge on any atom is -0.494 e. The average molecular weight is 354 g/mol. The number of thioether (sulfide) groups is 1. The molecule has 0 aliphatic rings. The van der Waals surface area contributed by atoms with Gasteiger partial charge in [0.05, 0.1) is 7.11 Å². The van der Waals surface area contributed by atoms with Crippen LogP contribution in [-0.2, 0) is 5.75 Å². The first-order valence-corrected chi connectivity index (χ1v) is 8.91. The topological polar surface area (TPSA) is 35.0 Å². The summed E-state index contributed by atoms with van der Waals surface area (Å²) in [4.78, 5) is 9.16. The summed E-state index contributed by atoms with van der Waals surface area (Å²) < 4.78 is 18.7. The largest absolute Gasteiger partial charge is 0.494 e. The molecule has 1 aromatic heterocycles. The summed E-state index contributed by atoms with van der Waals surface area (Å²) in [5.74, 6) is 1.25. The Kier molecular flexibility index (Phi) is 5.34. The van der Waals surface area contributed by atoms with E-state index in [1.165, 1.54) is 18.7 Å². The summed E-state index contributed by atoms with van der Waals surface area (Å²) in [6, 6.07) is 15.1. The van der Waals surface area contributed by atoms with Crippen LogP contribution in [0.5, 0.6) is 5.75 Å². The van der Waals surface area contributed by atoms with E-state index >= 15 is 0 Å². The van der Waals surface area contributed by atoms with Gasteiger partial charge in [0.15, 0.2) is 17.4 Å². The SMILES string of the molecule is COc1ccc(CSc2cc(C)nc(-c3ccc(C)cc3)n2)cc1F. The molecule has 0 radical (unpaired) electrons. The molecule has 5 heteroatoms. The predicted octanol–water partition coefficient (Wildman–Crippen LogP) is 5.20. The highest BCUT2D eigenvalue weighted by molar-refractivity contribution is 7.98. The number of aromatic nitrogens is 2. The maximum Gasteiger partial charge on any atom is 0.165 e. The van der Waals surface area contributed by atoms with Crippen LogP contribution >= 0.6 is 11.8 Å². The van der Waals surface area contributed by atoms with Gasteiger partial charge in [-0.1, -0.05) is 35.9 Å². The minimum absolute atomic E-state index is 0.258. The zero-order valence-electron chi connectivity index (χ0n) is 14.4. The summed E-state index contributed by atoms with van der Waals surface area (Å²) in [5, 5.41) is 0.874. The van der Waals surface area contributed by atoms with Gasteiger partial charge < -0.3 is 4.74 Å². The van der Waals surface area contributed by atoms with Crippen molar-refractivity contribution in [3.8, 4) is 17.1 Å². The molecule has 3 rings (SSSR count). The second kappa shape index (κ2) is 7.66. The van der Waals surface area contributed by atoms with Crippen LogP contribution in [0, 0.1) is 19.7 Å². The normalized spacial score (nSPS) is 10.7. The van der Waals surface area contributed by atoms with Crippen LogP contribution in [0.15, 0.2) is 53.6 Å². The van der Waals surface area contributed by atoms with Crippen molar-refractivity contribution in [2.45, 2.75) is 24.6 Å². The Morgan fingerprint density at radius 1 is 1.00 bits per heavy atom. The van der Waals surface area contributed by atoms with E-state index in [9.17, 15) is 4.39 Å². The third kappa shape index (κ3) is 4.37. The Balaban J connectivity index is 1.79. The Morgan fingerprint density at radius 3 is 2.44 bits per heavy atom. The fourth-order valence-corrected chi connectivity index (χ4v) is 3.30. The molecule has 0 aliphatic heterocycles. The lowest BCUT2D eigenvalue weighted by Crippen LogP contribution is -1.95. The van der Waals surface area contributed by atoms with Gasteiger partial charge in [-0.05, 0) is 37.6 Å². The lowest BCUT2D eigenvalue weighted by molar-refractivity contribution is 0.386. The molecule has 2 aromatic carbocycles. The van der Waals surface area contributed by atoms with E-state index in [1.807, 2.05) is 43.3 Å². The number of nitrogens with zero attached hydrogens (tertiary/aromatic N) is 2. The molecule has 0 bridgehead atoms. The molecule has 0 spiro atoms. The highest BCUT2D eigenvalue weighted by Gasteiger charge is 2.08. The second-order valence-corrected chi connectivity index (χ2v) is 6.79. The first-order chi connectivity index (χ1) is 12.0. The van der Waals surface area contributed by atoms with Crippen LogP contribution in [0.3, 0.4) is 0 Å². The van der Waals surface area contributed by atoms with Crippen molar-refractivity contribution in [1.29, 1.82) is 0 Å². The second-order valence-electron chi connectivity index (χ2n) is 5.79. The van der Waals surface area contributed by atoms with Crippen LogP contribution in [0.4, 0.5) is 4.39 Å². The van der Waals surface area contributed by atoms with Crippen molar-refractivity contribution in [3.05, 3.63) is 71.2 Å². The standard InChI is InChI=1S/C20H19FN2OS/c1-13-4-7-16(8-5-13)20-22-14(2)10-19(23-20)25-12-15-6-9-18(24-3)17(21)11-15/h4-11H,12H2,1-3H3. The molecular weight excluding hydrogens is 335 g/mol. The molecule has 0 saturated carbocycles. The highest BCUT2D eigenvalue weighted by Crippen LogP contribution is 2.26. The van der Waals surface area contributed by atoms with Crippen molar-refractivity contribution in [1.82, 2.24) is 9.97 Å². The third-order valence-corrected chi connectivity index (χ3v) is 4.73. The van der Waals surface area contributed by atoms with Gasteiger partial charge in [0, 0.05) is 17.0 Å². The Bertz CT molecular complexity index is 881. The summed E-state index contributed by atoms with van der Waals surface area (Å²) in [6.45, 7) is 4.01. The van der Waals surface area contributed by atoms with E-state index < -0.39 is 0 Å². The lowest BCUT2D eigenvalue weighted by atomic mass is 10.1. The van der Waals surface area contributed by atoms with Gasteiger partial charge in [-0.3, -0.25) is 0 Å². The molecule has 3 nitrogen and oxygen atoms in total. The quantitative estimate of drug-likeness (QED) is 0.466. The molecule has 25 heavy (non-hydrogen) atoms. The first-order valence-electron chi connectivity index (χ1n) is 7.93. The zero-order valence-corrected chi connectivity index (χ0v) is 15.2.